The molecule has 0 bridgehead atoms. The molecule has 1 aromatic heterocycles. The van der Waals surface area contributed by atoms with Gasteiger partial charge in [0.1, 0.15) is 11.6 Å². The second kappa shape index (κ2) is 7.95. The molecule has 0 saturated heterocycles. The Hall–Kier alpha value is -1.54. The van der Waals surface area contributed by atoms with E-state index >= 15 is 0 Å². The molecule has 1 aliphatic heterocycles. The summed E-state index contributed by atoms with van der Waals surface area (Å²) in [6, 6.07) is 1.92. The first-order valence-electron chi connectivity index (χ1n) is 9.96. The minimum Gasteiger partial charge on any atom is -0.396 e. The van der Waals surface area contributed by atoms with E-state index in [1.54, 1.807) is 0 Å². The van der Waals surface area contributed by atoms with Gasteiger partial charge in [-0.2, -0.15) is 0 Å². The Morgan fingerprint density at radius 1 is 1.21 bits per heavy atom. The van der Waals surface area contributed by atoms with Crippen LogP contribution >= 0.6 is 15.9 Å². The molecule has 2 aromatic rings. The van der Waals surface area contributed by atoms with Crippen molar-refractivity contribution < 1.29 is 13.9 Å². The van der Waals surface area contributed by atoms with Gasteiger partial charge in [0, 0.05) is 46.2 Å². The Morgan fingerprint density at radius 2 is 1.90 bits per heavy atom. The molecule has 1 atom stereocenters. The molecule has 7 heteroatoms. The molecular formula is C22H26BrF2N3O. The van der Waals surface area contributed by atoms with E-state index in [1.165, 1.54) is 12.1 Å². The van der Waals surface area contributed by atoms with Crippen LogP contribution in [0.1, 0.15) is 49.6 Å². The van der Waals surface area contributed by atoms with Gasteiger partial charge < -0.3 is 10.1 Å². The Morgan fingerprint density at radius 3 is 2.59 bits per heavy atom. The predicted molar refractivity (Wildman–Crippen MR) is 113 cm³/mol. The number of rotatable bonds is 4. The summed E-state index contributed by atoms with van der Waals surface area (Å²) in [4.78, 5) is 3.44. The fraction of sp³-hybridized carbons (Fsp3) is 0.455. The topological polar surface area (TPSA) is 51.3 Å². The predicted octanol–water partition coefficient (Wildman–Crippen LogP) is 2.88. The molecule has 1 unspecified atom stereocenters. The number of hydrazine groups is 1. The van der Waals surface area contributed by atoms with Crippen LogP contribution < -0.4 is 16.0 Å². The quantitative estimate of drug-likeness (QED) is 0.650. The van der Waals surface area contributed by atoms with Gasteiger partial charge in [-0.05, 0) is 42.2 Å². The number of H-pyrrole nitrogens is 1. The molecule has 2 aliphatic rings. The normalized spacial score (nSPS) is 19.7. The molecule has 29 heavy (non-hydrogen) atoms. The van der Waals surface area contributed by atoms with E-state index in [0.717, 1.165) is 41.1 Å². The lowest BCUT2D eigenvalue weighted by atomic mass is 9.94. The van der Waals surface area contributed by atoms with Crippen LogP contribution in [0, 0.1) is 17.0 Å². The van der Waals surface area contributed by atoms with Gasteiger partial charge in [-0.25, -0.2) is 19.2 Å². The lowest BCUT2D eigenvalue weighted by Crippen LogP contribution is -2.47. The molecule has 1 aliphatic carbocycles. The van der Waals surface area contributed by atoms with Crippen LogP contribution in [0.4, 0.5) is 8.78 Å². The summed E-state index contributed by atoms with van der Waals surface area (Å²) in [6.45, 7) is 5.21. The average Bonchev–Trinajstić information content (AvgIpc) is 2.94. The largest absolute Gasteiger partial charge is 0.396 e. The van der Waals surface area contributed by atoms with Gasteiger partial charge in [0.2, 0.25) is 0 Å². The maximum absolute atomic E-state index is 14.9. The maximum Gasteiger partial charge on any atom is 0.132 e. The van der Waals surface area contributed by atoms with E-state index in [1.807, 2.05) is 18.9 Å². The third kappa shape index (κ3) is 4.06. The number of hydrogen-bond donors (Lipinski definition) is 3. The highest BCUT2D eigenvalue weighted by Crippen LogP contribution is 2.32. The molecule has 1 aromatic carbocycles. The zero-order valence-electron chi connectivity index (χ0n) is 16.7. The number of halogens is 3. The summed E-state index contributed by atoms with van der Waals surface area (Å²) < 4.78 is 30.2. The highest BCUT2D eigenvalue weighted by Gasteiger charge is 2.33. The summed E-state index contributed by atoms with van der Waals surface area (Å²) in [5.41, 5.74) is 4.94. The lowest BCUT2D eigenvalue weighted by Gasteiger charge is -2.33. The minimum atomic E-state index is -0.678. The lowest BCUT2D eigenvalue weighted by molar-refractivity contribution is 0.0681. The number of benzene rings is 1. The second-order valence-corrected chi connectivity index (χ2v) is 9.58. The zero-order valence-corrected chi connectivity index (χ0v) is 18.2. The van der Waals surface area contributed by atoms with Gasteiger partial charge >= 0.3 is 0 Å². The molecule has 0 saturated carbocycles. The number of hydrogen-bond acceptors (Lipinski definition) is 3. The van der Waals surface area contributed by atoms with Crippen molar-refractivity contribution in [1.29, 1.82) is 0 Å². The fourth-order valence-corrected chi connectivity index (χ4v) is 4.65. The highest BCUT2D eigenvalue weighted by atomic mass is 79.9. The van der Waals surface area contributed by atoms with Crippen molar-refractivity contribution in [3.05, 3.63) is 55.6 Å². The smallest absolute Gasteiger partial charge is 0.132 e. The van der Waals surface area contributed by atoms with Crippen LogP contribution in [0.5, 0.6) is 0 Å². The summed E-state index contributed by atoms with van der Waals surface area (Å²) >= 11 is 3.17. The molecule has 3 N–H and O–H groups in total. The molecule has 156 valence electrons. The highest BCUT2D eigenvalue weighted by molar-refractivity contribution is 9.10. The summed E-state index contributed by atoms with van der Waals surface area (Å²) in [5, 5.41) is 13.9. The molecular weight excluding hydrogens is 440 g/mol. The van der Waals surface area contributed by atoms with Crippen molar-refractivity contribution in [2.75, 3.05) is 19.7 Å². The zero-order chi connectivity index (χ0) is 20.8. The number of aromatic nitrogens is 1. The number of aromatic amines is 1. The van der Waals surface area contributed by atoms with Crippen LogP contribution in [-0.2, 0) is 6.42 Å². The first kappa shape index (κ1) is 20.7. The van der Waals surface area contributed by atoms with E-state index in [9.17, 15) is 13.9 Å². The average molecular weight is 466 g/mol. The fourth-order valence-electron chi connectivity index (χ4n) is 4.25. The van der Waals surface area contributed by atoms with Gasteiger partial charge in [0.15, 0.2) is 0 Å². The molecule has 4 nitrogen and oxygen atoms in total. The molecule has 2 heterocycles. The van der Waals surface area contributed by atoms with Crippen molar-refractivity contribution in [1.82, 2.24) is 15.4 Å². The maximum atomic E-state index is 14.9. The van der Waals surface area contributed by atoms with E-state index in [0.29, 0.717) is 17.6 Å². The summed E-state index contributed by atoms with van der Waals surface area (Å²) in [5.74, 6) is -1.19. The molecule has 4 rings (SSSR count). The van der Waals surface area contributed by atoms with Crippen molar-refractivity contribution >= 4 is 28.1 Å². The molecule has 0 radical (unpaired) electrons. The number of aliphatic hydroxyl groups is 1. The van der Waals surface area contributed by atoms with E-state index in [4.69, 9.17) is 0 Å². The third-order valence-electron chi connectivity index (χ3n) is 5.68. The van der Waals surface area contributed by atoms with Gasteiger partial charge in [0.25, 0.3) is 0 Å². The number of fused-ring (bicyclic) bond motifs is 3. The Labute approximate surface area is 177 Å². The standard InChI is InChI=1S/C22H26BrF2N3O/c1-22(2,12-29)11-28-8-7-15-14-5-3-4-6-18(14)26-20(15)21(27-28)19-16(24)9-13(23)10-17(19)25/h5-6,9-10,21,26-27,29H,3-4,7-8,11-12H2,1-2H3. The molecule has 0 fully saturated rings. The summed E-state index contributed by atoms with van der Waals surface area (Å²) in [7, 11) is 0. The Bertz CT molecular complexity index is 1020. The van der Waals surface area contributed by atoms with Crippen molar-refractivity contribution in [2.24, 2.45) is 5.41 Å². The van der Waals surface area contributed by atoms with E-state index < -0.39 is 17.7 Å². The van der Waals surface area contributed by atoms with Crippen molar-refractivity contribution in [2.45, 2.75) is 39.2 Å². The minimum absolute atomic E-state index is 0.00162. The van der Waals surface area contributed by atoms with Crippen LogP contribution in [0.3, 0.4) is 0 Å². The summed E-state index contributed by atoms with van der Waals surface area (Å²) in [6.07, 6.45) is 7.06. The van der Waals surface area contributed by atoms with Crippen LogP contribution in [0.25, 0.3) is 12.2 Å². The molecule has 0 spiro atoms. The van der Waals surface area contributed by atoms with Crippen LogP contribution in [0.15, 0.2) is 16.6 Å². The van der Waals surface area contributed by atoms with Gasteiger partial charge in [-0.15, -0.1) is 0 Å². The Kier molecular flexibility index (Phi) is 5.68. The monoisotopic (exact) mass is 465 g/mol. The molecule has 0 amide bonds. The number of nitrogens with one attached hydrogen (secondary N) is 2. The first-order valence-corrected chi connectivity index (χ1v) is 10.8. The number of aliphatic hydroxyl groups excluding tert-OH is 1. The van der Waals surface area contributed by atoms with Crippen LogP contribution in [0.2, 0.25) is 0 Å². The van der Waals surface area contributed by atoms with Crippen LogP contribution in [-0.4, -0.2) is 34.8 Å². The van der Waals surface area contributed by atoms with Gasteiger partial charge in [-0.1, -0.05) is 41.9 Å². The SMILES string of the molecule is CC(C)(CO)CN1CCc2c([nH]c3c2=CCCC=3)C(c2c(F)cc(Br)cc2F)N1. The van der Waals surface area contributed by atoms with Crippen molar-refractivity contribution in [3.8, 4) is 0 Å². The van der Waals surface area contributed by atoms with Gasteiger partial charge in [-0.3, -0.25) is 0 Å². The number of nitrogens with zero attached hydrogens (tertiary/aromatic N) is 1. The van der Waals surface area contributed by atoms with Gasteiger partial charge in [0.05, 0.1) is 6.04 Å². The van der Waals surface area contributed by atoms with E-state index in [-0.39, 0.29) is 17.6 Å². The second-order valence-electron chi connectivity index (χ2n) is 8.67. The first-order chi connectivity index (χ1) is 13.8. The van der Waals surface area contributed by atoms with E-state index in [2.05, 4.69) is 38.5 Å². The van der Waals surface area contributed by atoms with Crippen molar-refractivity contribution in [3.63, 3.8) is 0 Å². The third-order valence-corrected chi connectivity index (χ3v) is 6.14. The Balaban J connectivity index is 1.85.